The molecule has 0 unspecified atom stereocenters. The zero-order valence-electron chi connectivity index (χ0n) is 13.3. The van der Waals surface area contributed by atoms with Crippen LogP contribution in [0.4, 0.5) is 0 Å². The molecule has 2 N–H and O–H groups in total. The van der Waals surface area contributed by atoms with E-state index >= 15 is 0 Å². The molecule has 0 saturated heterocycles. The smallest absolute Gasteiger partial charge is 0.336 e. The zero-order valence-corrected chi connectivity index (χ0v) is 13.3. The summed E-state index contributed by atoms with van der Waals surface area (Å²) in [5.41, 5.74) is 6.27. The lowest BCUT2D eigenvalue weighted by Crippen LogP contribution is -2.11. The Labute approximate surface area is 144 Å². The predicted octanol–water partition coefficient (Wildman–Crippen LogP) is 4.18. The van der Waals surface area contributed by atoms with Crippen molar-refractivity contribution in [3.63, 3.8) is 0 Å². The number of nitrogens with zero attached hydrogens (tertiary/aromatic N) is 1. The highest BCUT2D eigenvalue weighted by Gasteiger charge is 2.21. The summed E-state index contributed by atoms with van der Waals surface area (Å²) in [5, 5.41) is 22.3. The van der Waals surface area contributed by atoms with E-state index in [1.54, 1.807) is 18.2 Å². The highest BCUT2D eigenvalue weighted by molar-refractivity contribution is 6.17. The molecule has 0 spiro atoms. The quantitative estimate of drug-likeness (QED) is 0.336. The van der Waals surface area contributed by atoms with Crippen LogP contribution in [0.3, 0.4) is 0 Å². The Morgan fingerprint density at radius 2 is 1.52 bits per heavy atom. The van der Waals surface area contributed by atoms with Gasteiger partial charge < -0.3 is 10.3 Å². The molecule has 1 aliphatic rings. The Morgan fingerprint density at radius 1 is 0.840 bits per heavy atom. The van der Waals surface area contributed by atoms with Crippen molar-refractivity contribution in [1.82, 2.24) is 0 Å². The maximum atomic E-state index is 11.5. The minimum absolute atomic E-state index is 0.110. The van der Waals surface area contributed by atoms with E-state index in [2.05, 4.69) is 17.3 Å². The number of rotatable bonds is 3. The van der Waals surface area contributed by atoms with E-state index in [4.69, 9.17) is 0 Å². The van der Waals surface area contributed by atoms with Crippen molar-refractivity contribution in [3.8, 4) is 11.1 Å². The molecule has 0 amide bonds. The van der Waals surface area contributed by atoms with Gasteiger partial charge in [0.1, 0.15) is 5.71 Å². The van der Waals surface area contributed by atoms with Crippen molar-refractivity contribution in [3.05, 3.63) is 94.5 Å². The van der Waals surface area contributed by atoms with Crippen LogP contribution in [0, 0.1) is 0 Å². The monoisotopic (exact) mass is 329 g/mol. The second-order valence-electron chi connectivity index (χ2n) is 6.01. The van der Waals surface area contributed by atoms with Crippen molar-refractivity contribution in [1.29, 1.82) is 0 Å². The molecule has 0 fully saturated rings. The predicted molar refractivity (Wildman–Crippen MR) is 95.5 cm³/mol. The number of fused-ring (bicyclic) bond motifs is 3. The van der Waals surface area contributed by atoms with Gasteiger partial charge >= 0.3 is 5.97 Å². The molecule has 0 bridgehead atoms. The van der Waals surface area contributed by atoms with Gasteiger partial charge in [-0.3, -0.25) is 0 Å². The Balaban J connectivity index is 1.81. The van der Waals surface area contributed by atoms with Crippen LogP contribution in [0.1, 0.15) is 32.6 Å². The second-order valence-corrected chi connectivity index (χ2v) is 6.01. The van der Waals surface area contributed by atoms with E-state index in [1.165, 1.54) is 22.8 Å². The molecule has 4 heteroatoms. The normalized spacial score (nSPS) is 12.6. The molecule has 4 rings (SSSR count). The SMILES string of the molecule is O=C(O)c1ccccc1/C(=N/O)c1ccc2c(c1)Cc1ccccc1-2. The summed E-state index contributed by atoms with van der Waals surface area (Å²) >= 11 is 0. The third-order valence-electron chi connectivity index (χ3n) is 4.58. The summed E-state index contributed by atoms with van der Waals surface area (Å²) in [6.45, 7) is 0. The lowest BCUT2D eigenvalue weighted by Gasteiger charge is -2.10. The maximum Gasteiger partial charge on any atom is 0.336 e. The minimum Gasteiger partial charge on any atom is -0.478 e. The van der Waals surface area contributed by atoms with E-state index < -0.39 is 5.97 Å². The third kappa shape index (κ3) is 2.48. The average molecular weight is 329 g/mol. The number of carboxylic acids is 1. The average Bonchev–Trinajstić information content (AvgIpc) is 3.00. The topological polar surface area (TPSA) is 69.9 Å². The fourth-order valence-electron chi connectivity index (χ4n) is 3.44. The van der Waals surface area contributed by atoms with E-state index in [9.17, 15) is 15.1 Å². The molecule has 0 aromatic heterocycles. The number of carbonyl (C=O) groups is 1. The molecular weight excluding hydrogens is 314 g/mol. The molecular formula is C21H15NO3. The summed E-state index contributed by atoms with van der Waals surface area (Å²) in [6, 6.07) is 20.6. The van der Waals surface area contributed by atoms with Gasteiger partial charge in [0, 0.05) is 11.1 Å². The second kappa shape index (κ2) is 5.91. The van der Waals surface area contributed by atoms with Gasteiger partial charge in [0.05, 0.1) is 5.56 Å². The van der Waals surface area contributed by atoms with E-state index in [-0.39, 0.29) is 11.3 Å². The fraction of sp³-hybridized carbons (Fsp3) is 0.0476. The van der Waals surface area contributed by atoms with Crippen LogP contribution in [0.5, 0.6) is 0 Å². The lowest BCUT2D eigenvalue weighted by atomic mass is 9.95. The minimum atomic E-state index is -1.05. The molecule has 4 nitrogen and oxygen atoms in total. The molecule has 3 aromatic rings. The van der Waals surface area contributed by atoms with Crippen LogP contribution in [-0.2, 0) is 6.42 Å². The van der Waals surface area contributed by atoms with Gasteiger partial charge in [0.15, 0.2) is 0 Å². The number of oxime groups is 1. The van der Waals surface area contributed by atoms with Crippen LogP contribution >= 0.6 is 0 Å². The molecule has 0 heterocycles. The number of carboxylic acid groups (broad SMARTS) is 1. The summed E-state index contributed by atoms with van der Waals surface area (Å²) in [7, 11) is 0. The van der Waals surface area contributed by atoms with E-state index in [1.807, 2.05) is 30.3 Å². The van der Waals surface area contributed by atoms with Gasteiger partial charge in [-0.15, -0.1) is 0 Å². The van der Waals surface area contributed by atoms with E-state index in [0.717, 1.165) is 12.0 Å². The Kier molecular flexibility index (Phi) is 3.58. The first kappa shape index (κ1) is 15.1. The van der Waals surface area contributed by atoms with Gasteiger partial charge in [0.2, 0.25) is 0 Å². The largest absolute Gasteiger partial charge is 0.478 e. The van der Waals surface area contributed by atoms with Crippen molar-refractivity contribution in [2.45, 2.75) is 6.42 Å². The Morgan fingerprint density at radius 3 is 2.28 bits per heavy atom. The number of hydrogen-bond donors (Lipinski definition) is 2. The first-order chi connectivity index (χ1) is 12.2. The maximum absolute atomic E-state index is 11.5. The van der Waals surface area contributed by atoms with Gasteiger partial charge in [-0.25, -0.2) is 4.79 Å². The van der Waals surface area contributed by atoms with Crippen molar-refractivity contribution < 1.29 is 15.1 Å². The third-order valence-corrected chi connectivity index (χ3v) is 4.58. The van der Waals surface area contributed by atoms with Gasteiger partial charge in [-0.1, -0.05) is 59.8 Å². The summed E-state index contributed by atoms with van der Waals surface area (Å²) < 4.78 is 0. The first-order valence-corrected chi connectivity index (χ1v) is 7.95. The number of benzene rings is 3. The molecule has 122 valence electrons. The van der Waals surface area contributed by atoms with Crippen molar-refractivity contribution >= 4 is 11.7 Å². The number of hydrogen-bond acceptors (Lipinski definition) is 3. The standard InChI is InChI=1S/C21H15NO3/c23-21(24)19-8-4-3-7-18(19)20(22-25)14-9-10-17-15(12-14)11-13-5-1-2-6-16(13)17/h1-10,12,25H,11H2,(H,23,24)/b22-20+. The van der Waals surface area contributed by atoms with E-state index in [0.29, 0.717) is 11.1 Å². The fourth-order valence-corrected chi connectivity index (χ4v) is 3.44. The molecule has 0 atom stereocenters. The lowest BCUT2D eigenvalue weighted by molar-refractivity contribution is 0.0696. The molecule has 25 heavy (non-hydrogen) atoms. The van der Waals surface area contributed by atoms with Gasteiger partial charge in [-0.05, 0) is 40.8 Å². The Bertz CT molecular complexity index is 1020. The Hall–Kier alpha value is -3.40. The highest BCUT2D eigenvalue weighted by Crippen LogP contribution is 2.37. The molecule has 0 saturated carbocycles. The van der Waals surface area contributed by atoms with Crippen LogP contribution in [0.15, 0.2) is 71.9 Å². The summed E-state index contributed by atoms with van der Waals surface area (Å²) in [5.74, 6) is -1.05. The van der Waals surface area contributed by atoms with Crippen LogP contribution in [0.2, 0.25) is 0 Å². The first-order valence-electron chi connectivity index (χ1n) is 7.95. The summed E-state index contributed by atoms with van der Waals surface area (Å²) in [6.07, 6.45) is 0.818. The van der Waals surface area contributed by atoms with Crippen LogP contribution < -0.4 is 0 Å². The molecule has 0 radical (unpaired) electrons. The van der Waals surface area contributed by atoms with Crippen LogP contribution in [0.25, 0.3) is 11.1 Å². The highest BCUT2D eigenvalue weighted by atomic mass is 16.4. The van der Waals surface area contributed by atoms with Crippen molar-refractivity contribution in [2.24, 2.45) is 5.16 Å². The number of aromatic carboxylic acids is 1. The van der Waals surface area contributed by atoms with Crippen LogP contribution in [-0.4, -0.2) is 22.0 Å². The zero-order chi connectivity index (χ0) is 17.4. The molecule has 0 aliphatic heterocycles. The van der Waals surface area contributed by atoms with Gasteiger partial charge in [-0.2, -0.15) is 0 Å². The van der Waals surface area contributed by atoms with Gasteiger partial charge in [0.25, 0.3) is 0 Å². The molecule has 3 aromatic carbocycles. The molecule has 1 aliphatic carbocycles. The summed E-state index contributed by atoms with van der Waals surface area (Å²) in [4.78, 5) is 11.5. The van der Waals surface area contributed by atoms with Crippen molar-refractivity contribution in [2.75, 3.05) is 0 Å².